The molecule has 22 heavy (non-hydrogen) atoms. The molecule has 1 N–H and O–H groups in total. The van der Waals surface area contributed by atoms with Crippen molar-refractivity contribution < 1.29 is 17.9 Å². The van der Waals surface area contributed by atoms with Crippen LogP contribution in [0.5, 0.6) is 11.5 Å². The first kappa shape index (κ1) is 16.2. The van der Waals surface area contributed by atoms with Gasteiger partial charge in [0, 0.05) is 5.69 Å². The Morgan fingerprint density at radius 3 is 2.36 bits per heavy atom. The van der Waals surface area contributed by atoms with Crippen LogP contribution >= 0.6 is 0 Å². The van der Waals surface area contributed by atoms with E-state index in [1.807, 2.05) is 13.0 Å². The molecule has 0 unspecified atom stereocenters. The van der Waals surface area contributed by atoms with E-state index in [0.29, 0.717) is 11.4 Å². The lowest BCUT2D eigenvalue weighted by Crippen LogP contribution is -2.21. The smallest absolute Gasteiger partial charge is 0.236 e. The first-order valence-corrected chi connectivity index (χ1v) is 8.48. The second kappa shape index (κ2) is 7.17. The maximum absolute atomic E-state index is 12.0. The van der Waals surface area contributed by atoms with E-state index in [4.69, 9.17) is 9.47 Å². The van der Waals surface area contributed by atoms with Gasteiger partial charge in [-0.15, -0.1) is 0 Å². The van der Waals surface area contributed by atoms with Crippen LogP contribution in [-0.4, -0.2) is 27.9 Å². The molecular formula is C16H19NO4S. The lowest BCUT2D eigenvalue weighted by Gasteiger charge is -2.10. The number of benzene rings is 2. The Morgan fingerprint density at radius 1 is 1.05 bits per heavy atom. The normalized spacial score (nSPS) is 11.0. The summed E-state index contributed by atoms with van der Waals surface area (Å²) < 4.78 is 37.0. The fourth-order valence-electron chi connectivity index (χ4n) is 1.88. The second-order valence-electron chi connectivity index (χ2n) is 4.81. The van der Waals surface area contributed by atoms with Crippen LogP contribution in [0.15, 0.2) is 48.5 Å². The van der Waals surface area contributed by atoms with E-state index in [9.17, 15) is 8.42 Å². The Hall–Kier alpha value is -2.21. The van der Waals surface area contributed by atoms with E-state index in [2.05, 4.69) is 4.72 Å². The number of nitrogens with one attached hydrogen (secondary N) is 1. The largest absolute Gasteiger partial charge is 0.497 e. The van der Waals surface area contributed by atoms with Crippen molar-refractivity contribution >= 4 is 15.7 Å². The van der Waals surface area contributed by atoms with Gasteiger partial charge in [0.05, 0.1) is 7.11 Å². The third-order valence-electron chi connectivity index (χ3n) is 2.97. The lowest BCUT2D eigenvalue weighted by atomic mass is 10.2. The molecule has 0 atom stereocenters. The van der Waals surface area contributed by atoms with Crippen LogP contribution in [0.25, 0.3) is 0 Å². The third kappa shape index (κ3) is 4.96. The highest BCUT2D eigenvalue weighted by atomic mass is 32.2. The predicted octanol–water partition coefficient (Wildman–Crippen LogP) is 2.82. The highest BCUT2D eigenvalue weighted by Crippen LogP contribution is 2.17. The summed E-state index contributed by atoms with van der Waals surface area (Å²) >= 11 is 0. The van der Waals surface area contributed by atoms with Crippen LogP contribution in [0, 0.1) is 6.92 Å². The molecule has 0 fully saturated rings. The Labute approximate surface area is 130 Å². The van der Waals surface area contributed by atoms with Crippen LogP contribution in [0.1, 0.15) is 5.56 Å². The van der Waals surface area contributed by atoms with Gasteiger partial charge in [0.1, 0.15) is 23.9 Å². The van der Waals surface area contributed by atoms with Crippen molar-refractivity contribution in [1.29, 1.82) is 0 Å². The van der Waals surface area contributed by atoms with Crippen LogP contribution < -0.4 is 14.2 Å². The van der Waals surface area contributed by atoms with E-state index in [0.717, 1.165) is 11.3 Å². The van der Waals surface area contributed by atoms with Crippen LogP contribution in [0.2, 0.25) is 0 Å². The van der Waals surface area contributed by atoms with Gasteiger partial charge < -0.3 is 9.47 Å². The van der Waals surface area contributed by atoms with Crippen molar-refractivity contribution in [3.63, 3.8) is 0 Å². The molecule has 118 valence electrons. The van der Waals surface area contributed by atoms with Crippen molar-refractivity contribution in [1.82, 2.24) is 0 Å². The van der Waals surface area contributed by atoms with E-state index >= 15 is 0 Å². The quantitative estimate of drug-likeness (QED) is 0.851. The maximum Gasteiger partial charge on any atom is 0.236 e. The maximum atomic E-state index is 12.0. The van der Waals surface area contributed by atoms with Gasteiger partial charge in [-0.3, -0.25) is 4.72 Å². The standard InChI is InChI=1S/C16H19NO4S/c1-13-4-3-5-14(12-13)17-22(18,19)11-10-21-16-8-6-15(20-2)7-9-16/h3-9,12,17H,10-11H2,1-2H3. The molecule has 0 aliphatic carbocycles. The minimum absolute atomic E-state index is 0.0769. The highest BCUT2D eigenvalue weighted by Gasteiger charge is 2.11. The van der Waals surface area contributed by atoms with Gasteiger partial charge in [-0.2, -0.15) is 0 Å². The highest BCUT2D eigenvalue weighted by molar-refractivity contribution is 7.92. The zero-order chi connectivity index (χ0) is 16.0. The summed E-state index contributed by atoms with van der Waals surface area (Å²) in [4.78, 5) is 0. The zero-order valence-corrected chi connectivity index (χ0v) is 13.4. The molecule has 6 heteroatoms. The second-order valence-corrected chi connectivity index (χ2v) is 6.66. The van der Waals surface area contributed by atoms with Gasteiger partial charge >= 0.3 is 0 Å². The molecule has 0 saturated heterocycles. The fraction of sp³-hybridized carbons (Fsp3) is 0.250. The molecule has 2 aromatic carbocycles. The number of aryl methyl sites for hydroxylation is 1. The van der Waals surface area contributed by atoms with Gasteiger partial charge in [-0.1, -0.05) is 12.1 Å². The molecule has 0 bridgehead atoms. The lowest BCUT2D eigenvalue weighted by molar-refractivity contribution is 0.340. The van der Waals surface area contributed by atoms with E-state index < -0.39 is 10.0 Å². The molecule has 0 spiro atoms. The molecule has 0 aliphatic heterocycles. The Morgan fingerprint density at radius 2 is 1.73 bits per heavy atom. The van der Waals surface area contributed by atoms with Crippen LogP contribution in [0.4, 0.5) is 5.69 Å². The summed E-state index contributed by atoms with van der Waals surface area (Å²) in [6.45, 7) is 1.98. The molecule has 0 saturated carbocycles. The summed E-state index contributed by atoms with van der Waals surface area (Å²) in [5.74, 6) is 1.21. The van der Waals surface area contributed by atoms with Crippen molar-refractivity contribution in [2.45, 2.75) is 6.92 Å². The molecular weight excluding hydrogens is 302 g/mol. The summed E-state index contributed by atoms with van der Waals surface area (Å²) in [7, 11) is -1.85. The number of anilines is 1. The van der Waals surface area contributed by atoms with Crippen LogP contribution in [0.3, 0.4) is 0 Å². The number of hydrogen-bond acceptors (Lipinski definition) is 4. The van der Waals surface area contributed by atoms with Gasteiger partial charge in [-0.05, 0) is 48.9 Å². The average molecular weight is 321 g/mol. The first-order valence-electron chi connectivity index (χ1n) is 6.82. The number of hydrogen-bond donors (Lipinski definition) is 1. The topological polar surface area (TPSA) is 64.6 Å². The molecule has 0 amide bonds. The zero-order valence-electron chi connectivity index (χ0n) is 12.6. The molecule has 0 aliphatic rings. The molecule has 0 aromatic heterocycles. The predicted molar refractivity (Wildman–Crippen MR) is 87.1 cm³/mol. The Bertz CT molecular complexity index is 711. The molecule has 2 aromatic rings. The number of ether oxygens (including phenoxy) is 2. The van der Waals surface area contributed by atoms with Gasteiger partial charge in [0.25, 0.3) is 0 Å². The summed E-state index contributed by atoms with van der Waals surface area (Å²) in [5, 5.41) is 0. The monoisotopic (exact) mass is 321 g/mol. The van der Waals surface area contributed by atoms with Crippen LogP contribution in [-0.2, 0) is 10.0 Å². The molecule has 2 rings (SSSR count). The van der Waals surface area contributed by atoms with Crippen molar-refractivity contribution in [2.24, 2.45) is 0 Å². The summed E-state index contributed by atoms with van der Waals surface area (Å²) in [5.41, 5.74) is 1.55. The van der Waals surface area contributed by atoms with E-state index in [1.54, 1.807) is 49.6 Å². The third-order valence-corrected chi connectivity index (χ3v) is 4.22. The number of sulfonamides is 1. The number of rotatable bonds is 7. The average Bonchev–Trinajstić information content (AvgIpc) is 2.47. The summed E-state index contributed by atoms with van der Waals surface area (Å²) in [6.07, 6.45) is 0. The molecule has 0 radical (unpaired) electrons. The van der Waals surface area contributed by atoms with E-state index in [1.165, 1.54) is 0 Å². The van der Waals surface area contributed by atoms with Gasteiger partial charge in [0.2, 0.25) is 10.0 Å². The van der Waals surface area contributed by atoms with E-state index in [-0.39, 0.29) is 12.4 Å². The summed E-state index contributed by atoms with van der Waals surface area (Å²) in [6, 6.07) is 14.2. The van der Waals surface area contributed by atoms with Crippen molar-refractivity contribution in [3.8, 4) is 11.5 Å². The Balaban J connectivity index is 1.86. The minimum atomic E-state index is -3.43. The van der Waals surface area contributed by atoms with Gasteiger partial charge in [-0.25, -0.2) is 8.42 Å². The van der Waals surface area contributed by atoms with Crippen molar-refractivity contribution in [3.05, 3.63) is 54.1 Å². The minimum Gasteiger partial charge on any atom is -0.497 e. The SMILES string of the molecule is COc1ccc(OCCS(=O)(=O)Nc2cccc(C)c2)cc1. The van der Waals surface area contributed by atoms with Gasteiger partial charge in [0.15, 0.2) is 0 Å². The fourth-order valence-corrected chi connectivity index (χ4v) is 2.77. The Kier molecular flexibility index (Phi) is 5.27. The molecule has 0 heterocycles. The number of methoxy groups -OCH3 is 1. The first-order chi connectivity index (χ1) is 10.5. The molecule has 5 nitrogen and oxygen atoms in total. The van der Waals surface area contributed by atoms with Crippen molar-refractivity contribution in [2.75, 3.05) is 24.2 Å².